The summed E-state index contributed by atoms with van der Waals surface area (Å²) < 4.78 is 4.54. The first kappa shape index (κ1) is 25.5. The second kappa shape index (κ2) is 12.3. The maximum Gasteiger partial charge on any atom is 0.305 e. The van der Waals surface area contributed by atoms with Gasteiger partial charge in [0.05, 0.1) is 6.42 Å². The molecule has 0 aliphatic carbocycles. The summed E-state index contributed by atoms with van der Waals surface area (Å²) in [6.45, 7) is 2.28. The zero-order valence-corrected chi connectivity index (χ0v) is 18.7. The van der Waals surface area contributed by atoms with Crippen LogP contribution in [0.25, 0.3) is 10.8 Å². The maximum atomic E-state index is 12.2. The van der Waals surface area contributed by atoms with Crippen LogP contribution in [0.5, 0.6) is 0 Å². The molecule has 0 saturated carbocycles. The normalized spacial score (nSPS) is 15.7. The van der Waals surface area contributed by atoms with E-state index in [2.05, 4.69) is 58.6 Å². The number of carboxylic acid groups (broad SMARTS) is 1. The van der Waals surface area contributed by atoms with E-state index in [4.69, 9.17) is 5.11 Å². The Morgan fingerprint density at radius 1 is 1.03 bits per heavy atom. The number of nitrogens with zero attached hydrogens (tertiary/aromatic N) is 1. The third kappa shape index (κ3) is 8.03. The summed E-state index contributed by atoms with van der Waals surface area (Å²) in [5.74, 6) is -3.52. The maximum absolute atomic E-state index is 12.2. The van der Waals surface area contributed by atoms with Crippen LogP contribution < -0.4 is 5.32 Å². The molecule has 1 heterocycles. The van der Waals surface area contributed by atoms with E-state index in [0.29, 0.717) is 19.4 Å². The van der Waals surface area contributed by atoms with Crippen molar-refractivity contribution in [1.82, 2.24) is 10.2 Å². The van der Waals surface area contributed by atoms with E-state index in [9.17, 15) is 24.0 Å². The van der Waals surface area contributed by atoms with Crippen molar-refractivity contribution >= 4 is 40.3 Å². The number of amides is 2. The monoisotopic (exact) mass is 456 g/mol. The molecule has 0 aromatic heterocycles. The third-order valence-electron chi connectivity index (χ3n) is 5.12. The number of ether oxygens (including phenoxy) is 1. The summed E-state index contributed by atoms with van der Waals surface area (Å²) >= 11 is 0. The van der Waals surface area contributed by atoms with Crippen molar-refractivity contribution in [3.05, 3.63) is 48.5 Å². The fourth-order valence-electron chi connectivity index (χ4n) is 3.51. The van der Waals surface area contributed by atoms with Crippen molar-refractivity contribution in [1.29, 1.82) is 0 Å². The van der Waals surface area contributed by atoms with E-state index in [1.165, 1.54) is 22.6 Å². The van der Waals surface area contributed by atoms with Gasteiger partial charge < -0.3 is 20.1 Å². The Balaban J connectivity index is 0.000000315. The highest BCUT2D eigenvalue weighted by atomic mass is 16.5. The first-order chi connectivity index (χ1) is 15.7. The van der Waals surface area contributed by atoms with Gasteiger partial charge in [-0.3, -0.25) is 24.0 Å². The molecule has 2 aromatic rings. The van der Waals surface area contributed by atoms with Crippen LogP contribution in [-0.4, -0.2) is 64.8 Å². The van der Waals surface area contributed by atoms with Crippen LogP contribution in [0.3, 0.4) is 0 Å². The van der Waals surface area contributed by atoms with Gasteiger partial charge in [-0.2, -0.15) is 0 Å². The molecule has 3 rings (SSSR count). The molecule has 2 atom stereocenters. The Morgan fingerprint density at radius 3 is 2.03 bits per heavy atom. The average molecular weight is 456 g/mol. The average Bonchev–Trinajstić information content (AvgIpc) is 3.28. The lowest BCUT2D eigenvalue weighted by atomic mass is 10.1. The lowest BCUT2D eigenvalue weighted by Crippen LogP contribution is -2.51. The van der Waals surface area contributed by atoms with Gasteiger partial charge in [-0.1, -0.05) is 48.5 Å². The number of hydrogen-bond acceptors (Lipinski definition) is 6. The molecule has 33 heavy (non-hydrogen) atoms. The van der Waals surface area contributed by atoms with Gasteiger partial charge in [0.25, 0.3) is 0 Å². The number of nitrogens with one attached hydrogen (secondary N) is 1. The van der Waals surface area contributed by atoms with E-state index in [-0.39, 0.29) is 5.91 Å². The molecule has 2 N–H and O–H groups in total. The van der Waals surface area contributed by atoms with Crippen molar-refractivity contribution in [3.63, 3.8) is 0 Å². The number of carboxylic acids is 1. The molecule has 2 amide bonds. The number of carbonyl (C=O) groups excluding carboxylic acids is 4. The molecular weight excluding hydrogens is 428 g/mol. The van der Waals surface area contributed by atoms with Crippen LogP contribution in [0, 0.1) is 0 Å². The second-order valence-corrected chi connectivity index (χ2v) is 7.62. The molecule has 1 aliphatic heterocycles. The fourth-order valence-corrected chi connectivity index (χ4v) is 3.51. The van der Waals surface area contributed by atoms with Gasteiger partial charge in [0.1, 0.15) is 12.1 Å². The number of aliphatic carboxylic acids is 1. The summed E-state index contributed by atoms with van der Waals surface area (Å²) in [7, 11) is 0. The first-order valence-corrected chi connectivity index (χ1v) is 10.6. The van der Waals surface area contributed by atoms with Crippen LogP contribution in [0.15, 0.2) is 48.5 Å². The Kier molecular flexibility index (Phi) is 9.53. The zero-order valence-electron chi connectivity index (χ0n) is 18.7. The lowest BCUT2D eigenvalue weighted by molar-refractivity contribution is -0.148. The van der Waals surface area contributed by atoms with E-state index < -0.39 is 48.7 Å². The highest BCUT2D eigenvalue weighted by molar-refractivity contribution is 5.95. The quantitative estimate of drug-likeness (QED) is 0.609. The number of esters is 1. The van der Waals surface area contributed by atoms with Crippen molar-refractivity contribution in [3.8, 4) is 0 Å². The minimum absolute atomic E-state index is 0.260. The molecule has 1 fully saturated rings. The Bertz CT molecular complexity index is 955. The molecule has 9 heteroatoms. The van der Waals surface area contributed by atoms with Gasteiger partial charge in [-0.25, -0.2) is 0 Å². The Labute approximate surface area is 191 Å². The molecule has 1 aliphatic rings. The lowest BCUT2D eigenvalue weighted by Gasteiger charge is -2.24. The predicted molar refractivity (Wildman–Crippen MR) is 120 cm³/mol. The van der Waals surface area contributed by atoms with Gasteiger partial charge in [0.2, 0.25) is 11.8 Å². The molecule has 0 spiro atoms. The number of ketones is 1. The van der Waals surface area contributed by atoms with Gasteiger partial charge in [-0.05, 0) is 23.6 Å². The summed E-state index contributed by atoms with van der Waals surface area (Å²) in [6, 6.07) is 14.7. The minimum atomic E-state index is -1.31. The first-order valence-electron chi connectivity index (χ1n) is 10.6. The van der Waals surface area contributed by atoms with Crippen LogP contribution in [0.4, 0.5) is 0 Å². The van der Waals surface area contributed by atoms with Crippen molar-refractivity contribution in [2.75, 3.05) is 13.2 Å². The molecule has 9 nitrogen and oxygen atoms in total. The van der Waals surface area contributed by atoms with Crippen molar-refractivity contribution in [2.24, 2.45) is 0 Å². The molecular formula is C24H28N2O7. The number of rotatable bonds is 7. The standard InChI is InChI=1S/C14H20N2O7.C10H8/c1-8(17)16-5-3-4-11(16)14(22)15-10(6-13(20)21)12(19)7-23-9(2)18;1-2-6-10-8-4-3-7-9(10)5-1/h10-11H,3-7H2,1-2H3,(H,15,22)(H,20,21);1-8H. The Morgan fingerprint density at radius 2 is 1.58 bits per heavy atom. The van der Waals surface area contributed by atoms with Crippen LogP contribution >= 0.6 is 0 Å². The van der Waals surface area contributed by atoms with Gasteiger partial charge in [0, 0.05) is 20.4 Å². The molecule has 176 valence electrons. The second-order valence-electron chi connectivity index (χ2n) is 7.62. The molecule has 0 radical (unpaired) electrons. The number of Topliss-reactive ketones (excluding diaryl/α,β-unsaturated/α-hetero) is 1. The van der Waals surface area contributed by atoms with Crippen molar-refractivity contribution < 1.29 is 33.8 Å². The van der Waals surface area contributed by atoms with Gasteiger partial charge in [0.15, 0.2) is 12.4 Å². The molecule has 0 bridgehead atoms. The SMILES string of the molecule is CC(=O)OCC(=O)C(CC(=O)O)NC(=O)C1CCCN1C(C)=O.c1ccc2ccccc2c1. The Hall–Kier alpha value is -3.75. The molecule has 2 aromatic carbocycles. The van der Waals surface area contributed by atoms with E-state index in [0.717, 1.165) is 6.92 Å². The van der Waals surface area contributed by atoms with Crippen LogP contribution in [0.2, 0.25) is 0 Å². The molecule has 1 saturated heterocycles. The number of likely N-dealkylation sites (tertiary alicyclic amines) is 1. The van der Waals surface area contributed by atoms with E-state index in [1.54, 1.807) is 0 Å². The topological polar surface area (TPSA) is 130 Å². The van der Waals surface area contributed by atoms with Crippen LogP contribution in [0.1, 0.15) is 33.1 Å². The van der Waals surface area contributed by atoms with Crippen molar-refractivity contribution in [2.45, 2.75) is 45.2 Å². The summed E-state index contributed by atoms with van der Waals surface area (Å²) in [4.78, 5) is 58.6. The number of fused-ring (bicyclic) bond motifs is 1. The number of benzene rings is 2. The summed E-state index contributed by atoms with van der Waals surface area (Å²) in [5, 5.41) is 13.8. The van der Waals surface area contributed by atoms with E-state index in [1.807, 2.05) is 0 Å². The summed E-state index contributed by atoms with van der Waals surface area (Å²) in [6.07, 6.45) is 0.477. The minimum Gasteiger partial charge on any atom is -0.481 e. The number of hydrogen-bond donors (Lipinski definition) is 2. The largest absolute Gasteiger partial charge is 0.481 e. The smallest absolute Gasteiger partial charge is 0.305 e. The molecule has 2 unspecified atom stereocenters. The van der Waals surface area contributed by atoms with Crippen LogP contribution in [-0.2, 0) is 28.7 Å². The summed E-state index contributed by atoms with van der Waals surface area (Å²) in [5.41, 5.74) is 0. The highest BCUT2D eigenvalue weighted by Crippen LogP contribution is 2.17. The van der Waals surface area contributed by atoms with Gasteiger partial charge >= 0.3 is 11.9 Å². The van der Waals surface area contributed by atoms with E-state index >= 15 is 0 Å². The zero-order chi connectivity index (χ0) is 24.4. The fraction of sp³-hybridized carbons (Fsp3) is 0.375. The number of carbonyl (C=O) groups is 5. The highest BCUT2D eigenvalue weighted by Gasteiger charge is 2.35. The predicted octanol–water partition coefficient (Wildman–Crippen LogP) is 1.93. The van der Waals surface area contributed by atoms with Gasteiger partial charge in [-0.15, -0.1) is 0 Å². The third-order valence-corrected chi connectivity index (χ3v) is 5.12.